The summed E-state index contributed by atoms with van der Waals surface area (Å²) >= 11 is 0. The Hall–Kier alpha value is -2.30. The van der Waals surface area contributed by atoms with Crippen LogP contribution >= 0.6 is 0 Å². The van der Waals surface area contributed by atoms with Gasteiger partial charge in [-0.1, -0.05) is 25.0 Å². The number of H-pyrrole nitrogens is 1. The van der Waals surface area contributed by atoms with Crippen LogP contribution in [0, 0.1) is 5.92 Å². The van der Waals surface area contributed by atoms with Crippen molar-refractivity contribution in [1.29, 1.82) is 0 Å². The summed E-state index contributed by atoms with van der Waals surface area (Å²) in [5, 5.41) is 9.49. The molecule has 0 spiro atoms. The molecule has 2 bridgehead atoms. The lowest BCUT2D eigenvalue weighted by Crippen LogP contribution is -2.17. The molecule has 0 radical (unpaired) electrons. The fourth-order valence-corrected chi connectivity index (χ4v) is 3.17. The highest BCUT2D eigenvalue weighted by molar-refractivity contribution is 5.78. The molecule has 1 atom stereocenters. The van der Waals surface area contributed by atoms with Crippen molar-refractivity contribution in [2.75, 3.05) is 5.73 Å². The van der Waals surface area contributed by atoms with Crippen LogP contribution in [0.25, 0.3) is 11.3 Å². The number of nitrogen functional groups attached to an aromatic ring is 1. The molecule has 5 heteroatoms. The minimum Gasteiger partial charge on any atom is -0.481 e. The molecule has 5 nitrogen and oxygen atoms in total. The second kappa shape index (κ2) is 6.22. The van der Waals surface area contributed by atoms with Gasteiger partial charge in [0.25, 0.3) is 0 Å². The lowest BCUT2D eigenvalue weighted by atomic mass is 9.90. The molecule has 0 saturated heterocycles. The number of hydrogen-bond acceptors (Lipinski definition) is 3. The minimum atomic E-state index is -0.726. The largest absolute Gasteiger partial charge is 0.481 e. The van der Waals surface area contributed by atoms with Crippen LogP contribution in [0.5, 0.6) is 0 Å². The summed E-state index contributed by atoms with van der Waals surface area (Å²) in [6, 6.07) is 5.70. The van der Waals surface area contributed by atoms with Gasteiger partial charge in [-0.2, -0.15) is 0 Å². The third kappa shape index (κ3) is 2.98. The van der Waals surface area contributed by atoms with Crippen LogP contribution in [0.2, 0.25) is 0 Å². The molecule has 2 heterocycles. The highest BCUT2D eigenvalue weighted by atomic mass is 16.4. The number of rotatable bonds is 1. The summed E-state index contributed by atoms with van der Waals surface area (Å²) in [7, 11) is 0. The first-order valence-corrected chi connectivity index (χ1v) is 7.79. The number of carboxylic acid groups (broad SMARTS) is 1. The van der Waals surface area contributed by atoms with Gasteiger partial charge in [0.2, 0.25) is 0 Å². The predicted molar refractivity (Wildman–Crippen MR) is 85.4 cm³/mol. The molecule has 1 aromatic carbocycles. The second-order valence-electron chi connectivity index (χ2n) is 5.96. The van der Waals surface area contributed by atoms with Gasteiger partial charge in [-0.25, -0.2) is 4.98 Å². The zero-order valence-electron chi connectivity index (χ0n) is 12.5. The summed E-state index contributed by atoms with van der Waals surface area (Å²) in [5.74, 6) is -0.113. The van der Waals surface area contributed by atoms with Gasteiger partial charge in [-0.3, -0.25) is 4.79 Å². The number of hydrogen-bond donors (Lipinski definition) is 3. The molecule has 1 aliphatic rings. The Morgan fingerprint density at radius 1 is 1.32 bits per heavy atom. The number of carboxylic acids is 1. The Labute approximate surface area is 129 Å². The van der Waals surface area contributed by atoms with E-state index in [4.69, 9.17) is 5.73 Å². The Morgan fingerprint density at radius 3 is 3.00 bits per heavy atom. The number of carbonyl (C=O) groups is 1. The molecular weight excluding hydrogens is 278 g/mol. The molecule has 0 aliphatic carbocycles. The Bertz CT molecular complexity index is 678. The Balaban J connectivity index is 2.06. The van der Waals surface area contributed by atoms with Crippen molar-refractivity contribution < 1.29 is 9.90 Å². The van der Waals surface area contributed by atoms with Crippen LogP contribution in [-0.2, 0) is 17.6 Å². The number of fused-ring (bicyclic) bond motifs is 4. The molecule has 2 aromatic rings. The zero-order valence-corrected chi connectivity index (χ0v) is 12.5. The maximum atomic E-state index is 11.5. The zero-order chi connectivity index (χ0) is 15.5. The van der Waals surface area contributed by atoms with Crippen LogP contribution in [0.15, 0.2) is 24.4 Å². The van der Waals surface area contributed by atoms with E-state index in [0.29, 0.717) is 18.5 Å². The maximum absolute atomic E-state index is 11.5. The number of aromatic amines is 1. The van der Waals surface area contributed by atoms with Gasteiger partial charge in [0.1, 0.15) is 5.82 Å². The summed E-state index contributed by atoms with van der Waals surface area (Å²) in [6.45, 7) is 0. The molecule has 0 saturated carbocycles. The van der Waals surface area contributed by atoms with E-state index in [2.05, 4.69) is 9.97 Å². The van der Waals surface area contributed by atoms with Gasteiger partial charge < -0.3 is 15.8 Å². The van der Waals surface area contributed by atoms with E-state index in [1.807, 2.05) is 18.2 Å². The van der Waals surface area contributed by atoms with E-state index in [-0.39, 0.29) is 5.92 Å². The van der Waals surface area contributed by atoms with Crippen molar-refractivity contribution >= 4 is 11.7 Å². The molecule has 3 rings (SSSR count). The monoisotopic (exact) mass is 299 g/mol. The summed E-state index contributed by atoms with van der Waals surface area (Å²) in [6.07, 6.45) is 6.90. The van der Waals surface area contributed by atoms with Gasteiger partial charge in [0.05, 0.1) is 17.8 Å². The third-order valence-corrected chi connectivity index (χ3v) is 4.36. The molecular formula is C17H21N3O2. The first kappa shape index (κ1) is 14.6. The van der Waals surface area contributed by atoms with Crippen molar-refractivity contribution in [3.05, 3.63) is 35.8 Å². The van der Waals surface area contributed by atoms with Crippen molar-refractivity contribution in [3.63, 3.8) is 0 Å². The highest BCUT2D eigenvalue weighted by Gasteiger charge is 2.21. The van der Waals surface area contributed by atoms with Crippen LogP contribution in [0.4, 0.5) is 5.69 Å². The number of aryl methyl sites for hydroxylation is 1. The average Bonchev–Trinajstić information content (AvgIpc) is 2.93. The number of nitrogens with two attached hydrogens (primary N) is 1. The van der Waals surface area contributed by atoms with E-state index >= 15 is 0 Å². The Kier molecular flexibility index (Phi) is 4.13. The van der Waals surface area contributed by atoms with Gasteiger partial charge in [0.15, 0.2) is 0 Å². The number of aromatic nitrogens is 2. The Morgan fingerprint density at radius 2 is 2.18 bits per heavy atom. The number of anilines is 1. The van der Waals surface area contributed by atoms with Gasteiger partial charge in [0, 0.05) is 17.7 Å². The summed E-state index contributed by atoms with van der Waals surface area (Å²) in [4.78, 5) is 19.3. The summed E-state index contributed by atoms with van der Waals surface area (Å²) < 4.78 is 0. The molecule has 1 aliphatic heterocycles. The fourth-order valence-electron chi connectivity index (χ4n) is 3.17. The number of aliphatic carboxylic acids is 1. The van der Waals surface area contributed by atoms with E-state index in [9.17, 15) is 9.90 Å². The predicted octanol–water partition coefficient (Wildman–Crippen LogP) is 3.02. The number of benzene rings is 1. The first-order chi connectivity index (χ1) is 10.6. The first-order valence-electron chi connectivity index (χ1n) is 7.79. The summed E-state index contributed by atoms with van der Waals surface area (Å²) in [5.41, 5.74) is 9.56. The highest BCUT2D eigenvalue weighted by Crippen LogP contribution is 2.31. The number of nitrogens with zero attached hydrogens (tertiary/aromatic N) is 1. The molecule has 22 heavy (non-hydrogen) atoms. The molecule has 1 unspecified atom stereocenters. The van der Waals surface area contributed by atoms with E-state index in [0.717, 1.165) is 48.3 Å². The van der Waals surface area contributed by atoms with Crippen molar-refractivity contribution in [3.8, 4) is 11.3 Å². The van der Waals surface area contributed by atoms with Crippen LogP contribution < -0.4 is 5.73 Å². The molecule has 4 N–H and O–H groups in total. The van der Waals surface area contributed by atoms with Gasteiger partial charge in [-0.05, 0) is 30.9 Å². The van der Waals surface area contributed by atoms with Crippen molar-refractivity contribution in [1.82, 2.24) is 9.97 Å². The smallest absolute Gasteiger partial charge is 0.306 e. The molecule has 0 fully saturated rings. The maximum Gasteiger partial charge on any atom is 0.306 e. The van der Waals surface area contributed by atoms with Gasteiger partial charge in [-0.15, -0.1) is 0 Å². The second-order valence-corrected chi connectivity index (χ2v) is 5.96. The molecule has 0 amide bonds. The van der Waals surface area contributed by atoms with E-state index in [1.54, 1.807) is 6.20 Å². The minimum absolute atomic E-state index is 0.359. The number of imidazole rings is 1. The standard InChI is InChI=1S/C17H21N3O2/c18-13-7-4-6-11-9-12(17(21)22)5-2-1-3-8-15-19-10-14(20-15)16(11)13/h4,6-7,10,12H,1-3,5,8-9,18H2,(H,19,20)(H,21,22). The average molecular weight is 299 g/mol. The molecule has 116 valence electrons. The van der Waals surface area contributed by atoms with Crippen LogP contribution in [0.3, 0.4) is 0 Å². The third-order valence-electron chi connectivity index (χ3n) is 4.36. The topological polar surface area (TPSA) is 92.0 Å². The van der Waals surface area contributed by atoms with E-state index < -0.39 is 5.97 Å². The SMILES string of the molecule is Nc1cccc2c1-c1cnc([nH]1)CCCCCC(C(=O)O)C2. The van der Waals surface area contributed by atoms with Crippen LogP contribution in [0.1, 0.15) is 37.1 Å². The van der Waals surface area contributed by atoms with E-state index in [1.165, 1.54) is 0 Å². The fraction of sp³-hybridized carbons (Fsp3) is 0.412. The lowest BCUT2D eigenvalue weighted by molar-refractivity contribution is -0.142. The quantitative estimate of drug-likeness (QED) is 0.706. The molecule has 1 aromatic heterocycles. The van der Waals surface area contributed by atoms with Gasteiger partial charge >= 0.3 is 5.97 Å². The van der Waals surface area contributed by atoms with Crippen LogP contribution in [-0.4, -0.2) is 21.0 Å². The number of nitrogens with one attached hydrogen (secondary N) is 1. The van der Waals surface area contributed by atoms with Crippen molar-refractivity contribution in [2.24, 2.45) is 5.92 Å². The normalized spacial score (nSPS) is 18.8. The lowest BCUT2D eigenvalue weighted by Gasteiger charge is -2.16. The van der Waals surface area contributed by atoms with Crippen molar-refractivity contribution in [2.45, 2.75) is 38.5 Å².